The van der Waals surface area contributed by atoms with Gasteiger partial charge in [-0.1, -0.05) is 41.9 Å². The van der Waals surface area contributed by atoms with E-state index in [9.17, 15) is 9.90 Å². The number of hydrogen-bond acceptors (Lipinski definition) is 4. The van der Waals surface area contributed by atoms with Crippen LogP contribution in [0.2, 0.25) is 0 Å². The first-order valence-electron chi connectivity index (χ1n) is 6.62. The first-order valence-corrected chi connectivity index (χ1v) is 7.05. The highest BCUT2D eigenvalue weighted by atomic mass is 35.5. The van der Waals surface area contributed by atoms with Gasteiger partial charge in [0, 0.05) is 6.54 Å². The molecule has 20 heavy (non-hydrogen) atoms. The number of halogens is 1. The molecule has 3 rings (SSSR count). The van der Waals surface area contributed by atoms with E-state index in [0.29, 0.717) is 13.0 Å². The van der Waals surface area contributed by atoms with E-state index in [1.54, 1.807) is 0 Å². The molecule has 0 bridgehead atoms. The van der Waals surface area contributed by atoms with E-state index >= 15 is 0 Å². The second kappa shape index (κ2) is 5.60. The molecule has 6 heteroatoms. The van der Waals surface area contributed by atoms with Crippen molar-refractivity contribution >= 4 is 17.7 Å². The van der Waals surface area contributed by atoms with Crippen LogP contribution in [0, 0.1) is 0 Å². The maximum absolute atomic E-state index is 12.1. The molecule has 1 aromatic carbocycles. The minimum absolute atomic E-state index is 0.197. The fourth-order valence-electron chi connectivity index (χ4n) is 2.76. The SMILES string of the molecule is O=C(OCc1ccccc1)N1CCC2OC(Cl)C(O)C21. The summed E-state index contributed by atoms with van der Waals surface area (Å²) >= 11 is 5.86. The molecule has 0 aromatic heterocycles. The molecule has 2 aliphatic rings. The summed E-state index contributed by atoms with van der Waals surface area (Å²) in [5, 5.41) is 9.97. The molecule has 2 saturated heterocycles. The van der Waals surface area contributed by atoms with E-state index in [-0.39, 0.29) is 12.7 Å². The van der Waals surface area contributed by atoms with Crippen LogP contribution < -0.4 is 0 Å². The van der Waals surface area contributed by atoms with E-state index in [4.69, 9.17) is 21.1 Å². The number of hydrogen-bond donors (Lipinski definition) is 1. The smallest absolute Gasteiger partial charge is 0.410 e. The number of ether oxygens (including phenoxy) is 2. The van der Waals surface area contributed by atoms with Gasteiger partial charge in [0.25, 0.3) is 0 Å². The van der Waals surface area contributed by atoms with Gasteiger partial charge in [-0.15, -0.1) is 0 Å². The summed E-state index contributed by atoms with van der Waals surface area (Å²) in [7, 11) is 0. The van der Waals surface area contributed by atoms with Crippen LogP contribution in [0.1, 0.15) is 12.0 Å². The molecule has 0 spiro atoms. The summed E-state index contributed by atoms with van der Waals surface area (Å²) in [4.78, 5) is 13.6. The van der Waals surface area contributed by atoms with E-state index < -0.39 is 23.8 Å². The Balaban J connectivity index is 1.60. The Kier molecular flexibility index (Phi) is 3.83. The monoisotopic (exact) mass is 297 g/mol. The van der Waals surface area contributed by atoms with Crippen molar-refractivity contribution in [1.29, 1.82) is 0 Å². The van der Waals surface area contributed by atoms with Crippen molar-refractivity contribution in [3.63, 3.8) is 0 Å². The number of alkyl halides is 1. The van der Waals surface area contributed by atoms with Crippen molar-refractivity contribution in [3.8, 4) is 0 Å². The number of carbonyl (C=O) groups is 1. The number of carbonyl (C=O) groups excluding carboxylic acids is 1. The van der Waals surface area contributed by atoms with Gasteiger partial charge in [-0.3, -0.25) is 4.90 Å². The Morgan fingerprint density at radius 3 is 2.95 bits per heavy atom. The Morgan fingerprint density at radius 1 is 1.45 bits per heavy atom. The van der Waals surface area contributed by atoms with Gasteiger partial charge in [-0.05, 0) is 12.0 Å². The van der Waals surface area contributed by atoms with Crippen molar-refractivity contribution in [2.24, 2.45) is 0 Å². The average Bonchev–Trinajstić information content (AvgIpc) is 2.99. The standard InChI is InChI=1S/C14H16ClNO4/c15-13-12(17)11-10(20-13)6-7-16(11)14(18)19-8-9-4-2-1-3-5-9/h1-5,10-13,17H,6-8H2. The molecule has 0 radical (unpaired) electrons. The number of nitrogens with zero attached hydrogens (tertiary/aromatic N) is 1. The lowest BCUT2D eigenvalue weighted by molar-refractivity contribution is 0.0487. The summed E-state index contributed by atoms with van der Waals surface area (Å²) < 4.78 is 10.7. The van der Waals surface area contributed by atoms with Crippen LogP contribution in [-0.4, -0.2) is 46.5 Å². The number of likely N-dealkylation sites (tertiary alicyclic amines) is 1. The highest BCUT2D eigenvalue weighted by Crippen LogP contribution is 2.35. The number of amides is 1. The third kappa shape index (κ3) is 2.49. The highest BCUT2D eigenvalue weighted by Gasteiger charge is 2.51. The van der Waals surface area contributed by atoms with Crippen LogP contribution in [-0.2, 0) is 16.1 Å². The van der Waals surface area contributed by atoms with Gasteiger partial charge < -0.3 is 14.6 Å². The van der Waals surface area contributed by atoms with Gasteiger partial charge in [0.05, 0.1) is 12.1 Å². The third-order valence-electron chi connectivity index (χ3n) is 3.76. The van der Waals surface area contributed by atoms with E-state index in [0.717, 1.165) is 5.56 Å². The predicted octanol–water partition coefficient (Wildman–Crippen LogP) is 1.72. The van der Waals surface area contributed by atoms with E-state index in [2.05, 4.69) is 0 Å². The lowest BCUT2D eigenvalue weighted by Crippen LogP contribution is -2.45. The molecule has 4 atom stereocenters. The summed E-state index contributed by atoms with van der Waals surface area (Å²) in [5.41, 5.74) is 0.171. The summed E-state index contributed by atoms with van der Waals surface area (Å²) in [6.07, 6.45) is -0.828. The molecule has 4 unspecified atom stereocenters. The third-order valence-corrected chi connectivity index (χ3v) is 4.12. The molecule has 1 aromatic rings. The molecule has 1 N–H and O–H groups in total. The minimum Gasteiger partial charge on any atom is -0.445 e. The van der Waals surface area contributed by atoms with Gasteiger partial charge in [0.15, 0.2) is 5.56 Å². The largest absolute Gasteiger partial charge is 0.445 e. The zero-order valence-electron chi connectivity index (χ0n) is 10.8. The van der Waals surface area contributed by atoms with Crippen LogP contribution in [0.3, 0.4) is 0 Å². The number of aliphatic hydroxyl groups excluding tert-OH is 1. The van der Waals surface area contributed by atoms with Gasteiger partial charge >= 0.3 is 6.09 Å². The second-order valence-electron chi connectivity index (χ2n) is 5.03. The molecule has 1 amide bonds. The first kappa shape index (κ1) is 13.7. The molecule has 0 saturated carbocycles. The maximum atomic E-state index is 12.1. The fraction of sp³-hybridized carbons (Fsp3) is 0.500. The van der Waals surface area contributed by atoms with E-state index in [1.807, 2.05) is 30.3 Å². The normalized spacial score (nSPS) is 32.2. The lowest BCUT2D eigenvalue weighted by Gasteiger charge is -2.25. The minimum atomic E-state index is -0.867. The van der Waals surface area contributed by atoms with Crippen molar-refractivity contribution < 1.29 is 19.4 Å². The average molecular weight is 298 g/mol. The van der Waals surface area contributed by atoms with Crippen LogP contribution in [0.5, 0.6) is 0 Å². The molecule has 2 heterocycles. The number of rotatable bonds is 2. The first-order chi connectivity index (χ1) is 9.66. The zero-order chi connectivity index (χ0) is 14.1. The molecule has 2 fully saturated rings. The Bertz CT molecular complexity index is 481. The Labute approximate surface area is 122 Å². The molecular formula is C14H16ClNO4. The van der Waals surface area contributed by atoms with Crippen molar-refractivity contribution in [3.05, 3.63) is 35.9 Å². The number of aliphatic hydroxyl groups is 1. The van der Waals surface area contributed by atoms with Crippen LogP contribution >= 0.6 is 11.6 Å². The maximum Gasteiger partial charge on any atom is 0.410 e. The zero-order valence-corrected chi connectivity index (χ0v) is 11.6. The lowest BCUT2D eigenvalue weighted by atomic mass is 10.1. The molecule has 0 aliphatic carbocycles. The summed E-state index contributed by atoms with van der Waals surface area (Å²) in [6.45, 7) is 0.735. The van der Waals surface area contributed by atoms with Gasteiger partial charge in [-0.25, -0.2) is 4.79 Å². The van der Waals surface area contributed by atoms with Crippen LogP contribution in [0.15, 0.2) is 30.3 Å². The van der Waals surface area contributed by atoms with Gasteiger partial charge in [0.2, 0.25) is 0 Å². The fourth-order valence-corrected chi connectivity index (χ4v) is 3.04. The topological polar surface area (TPSA) is 59.0 Å². The summed E-state index contributed by atoms with van der Waals surface area (Å²) in [6, 6.07) is 9.07. The second-order valence-corrected chi connectivity index (χ2v) is 5.46. The Hall–Kier alpha value is -1.30. The Morgan fingerprint density at radius 2 is 2.20 bits per heavy atom. The number of fused-ring (bicyclic) bond motifs is 1. The van der Waals surface area contributed by atoms with Crippen LogP contribution in [0.25, 0.3) is 0 Å². The summed E-state index contributed by atoms with van der Waals surface area (Å²) in [5.74, 6) is 0. The van der Waals surface area contributed by atoms with Crippen LogP contribution in [0.4, 0.5) is 4.79 Å². The van der Waals surface area contributed by atoms with Gasteiger partial charge in [-0.2, -0.15) is 0 Å². The predicted molar refractivity (Wildman–Crippen MR) is 72.3 cm³/mol. The van der Waals surface area contributed by atoms with Gasteiger partial charge in [0.1, 0.15) is 12.7 Å². The van der Waals surface area contributed by atoms with Crippen molar-refractivity contribution in [1.82, 2.24) is 4.90 Å². The number of benzene rings is 1. The molecule has 2 aliphatic heterocycles. The quantitative estimate of drug-likeness (QED) is 0.845. The van der Waals surface area contributed by atoms with E-state index in [1.165, 1.54) is 4.90 Å². The van der Waals surface area contributed by atoms with Crippen molar-refractivity contribution in [2.45, 2.75) is 36.8 Å². The molecule has 108 valence electrons. The molecule has 5 nitrogen and oxygen atoms in total. The molecular weight excluding hydrogens is 282 g/mol. The van der Waals surface area contributed by atoms with Crippen molar-refractivity contribution in [2.75, 3.05) is 6.54 Å². The highest BCUT2D eigenvalue weighted by molar-refractivity contribution is 6.20.